The van der Waals surface area contributed by atoms with Crippen molar-refractivity contribution in [2.75, 3.05) is 32.1 Å². The molecule has 0 amide bonds. The number of methoxy groups -OCH3 is 1. The van der Waals surface area contributed by atoms with E-state index in [4.69, 9.17) is 9.72 Å². The maximum absolute atomic E-state index is 13.2. The lowest BCUT2D eigenvalue weighted by atomic mass is 9.89. The molecule has 0 bridgehead atoms. The summed E-state index contributed by atoms with van der Waals surface area (Å²) in [6.45, 7) is 4.57. The zero-order valence-electron chi connectivity index (χ0n) is 18.9. The van der Waals surface area contributed by atoms with E-state index in [0.29, 0.717) is 5.75 Å². The third kappa shape index (κ3) is 5.62. The molecule has 3 N–H and O–H groups in total. The predicted molar refractivity (Wildman–Crippen MR) is 130 cm³/mol. The quantitative estimate of drug-likeness (QED) is 0.528. The number of hydrogen-bond donors (Lipinski definition) is 3. The molecule has 7 nitrogen and oxygen atoms in total. The molecule has 1 aromatic carbocycles. The number of aryl methyl sites for hydroxylation is 1. The van der Waals surface area contributed by atoms with Crippen LogP contribution in [-0.4, -0.2) is 46.2 Å². The summed E-state index contributed by atoms with van der Waals surface area (Å²) in [4.78, 5) is 5.87. The van der Waals surface area contributed by atoms with Crippen molar-refractivity contribution in [1.82, 2.24) is 15.0 Å². The average Bonchev–Trinajstić information content (AvgIpc) is 3.19. The van der Waals surface area contributed by atoms with E-state index in [0.717, 1.165) is 59.7 Å². The molecule has 2 heterocycles. The van der Waals surface area contributed by atoms with Crippen molar-refractivity contribution in [3.8, 4) is 16.2 Å². The summed E-state index contributed by atoms with van der Waals surface area (Å²) in [5, 5.41) is 7.67. The molecule has 0 unspecified atom stereocenters. The van der Waals surface area contributed by atoms with Gasteiger partial charge in [0.2, 0.25) is 10.0 Å². The maximum Gasteiger partial charge on any atom is 0.244 e. The second-order valence-corrected chi connectivity index (χ2v) is 11.5. The zero-order chi connectivity index (χ0) is 22.6. The maximum atomic E-state index is 13.2. The lowest BCUT2D eigenvalue weighted by Crippen LogP contribution is -2.42. The van der Waals surface area contributed by atoms with Crippen molar-refractivity contribution in [3.05, 3.63) is 23.9 Å². The predicted octanol–water partition coefficient (Wildman–Crippen LogP) is 4.15. The Morgan fingerprint density at radius 2 is 1.91 bits per heavy atom. The molecule has 32 heavy (non-hydrogen) atoms. The van der Waals surface area contributed by atoms with Gasteiger partial charge in [0.15, 0.2) is 5.13 Å². The van der Waals surface area contributed by atoms with Crippen LogP contribution in [-0.2, 0) is 10.0 Å². The highest BCUT2D eigenvalue weighted by molar-refractivity contribution is 7.89. The number of aromatic nitrogens is 1. The molecule has 0 spiro atoms. The van der Waals surface area contributed by atoms with Crippen LogP contribution in [0.5, 0.6) is 5.75 Å². The van der Waals surface area contributed by atoms with Crippen molar-refractivity contribution in [1.29, 1.82) is 0 Å². The van der Waals surface area contributed by atoms with Crippen LogP contribution < -0.4 is 20.1 Å². The molecule has 2 fully saturated rings. The molecular formula is C23H34N4O3S2. The van der Waals surface area contributed by atoms with Crippen molar-refractivity contribution in [2.45, 2.75) is 62.8 Å². The Bertz CT molecular complexity index is 1010. The highest BCUT2D eigenvalue weighted by Crippen LogP contribution is 2.37. The van der Waals surface area contributed by atoms with Crippen LogP contribution >= 0.6 is 11.3 Å². The van der Waals surface area contributed by atoms with Crippen molar-refractivity contribution in [3.63, 3.8) is 0 Å². The first-order chi connectivity index (χ1) is 15.5. The minimum absolute atomic E-state index is 0.0599. The van der Waals surface area contributed by atoms with Gasteiger partial charge in [-0.15, -0.1) is 0 Å². The van der Waals surface area contributed by atoms with Gasteiger partial charge in [-0.25, -0.2) is 18.1 Å². The summed E-state index contributed by atoms with van der Waals surface area (Å²) in [6.07, 6.45) is 8.14. The molecule has 1 aliphatic carbocycles. The van der Waals surface area contributed by atoms with Gasteiger partial charge in [-0.3, -0.25) is 0 Å². The van der Waals surface area contributed by atoms with Gasteiger partial charge in [0.1, 0.15) is 10.6 Å². The van der Waals surface area contributed by atoms with Crippen molar-refractivity contribution < 1.29 is 13.2 Å². The molecule has 1 saturated carbocycles. The zero-order valence-corrected chi connectivity index (χ0v) is 20.6. The summed E-state index contributed by atoms with van der Waals surface area (Å²) < 4.78 is 34.7. The Kier molecular flexibility index (Phi) is 7.70. The van der Waals surface area contributed by atoms with Gasteiger partial charge in [-0.2, -0.15) is 0 Å². The van der Waals surface area contributed by atoms with Crippen molar-refractivity contribution in [2.24, 2.45) is 5.92 Å². The highest BCUT2D eigenvalue weighted by Gasteiger charge is 2.26. The molecule has 9 heteroatoms. The first-order valence-corrected chi connectivity index (χ1v) is 13.9. The number of sulfonamides is 1. The monoisotopic (exact) mass is 478 g/mol. The van der Waals surface area contributed by atoms with E-state index in [1.807, 2.05) is 13.0 Å². The molecule has 1 aromatic heterocycles. The standard InChI is InChI=1S/C23H34N4O3S2/c1-16-22(31-23(26-16)25-15-17-6-4-3-5-7-17)18-8-9-20(30-2)21(14-18)32(28,29)27-19-10-12-24-13-11-19/h8-9,14,17,19,24,27H,3-7,10-13,15H2,1-2H3,(H,25,26). The Labute approximate surface area is 195 Å². The van der Waals surface area contributed by atoms with E-state index < -0.39 is 10.0 Å². The summed E-state index contributed by atoms with van der Waals surface area (Å²) in [6, 6.07) is 5.30. The normalized spacial score (nSPS) is 18.6. The van der Waals surface area contributed by atoms with Gasteiger partial charge < -0.3 is 15.4 Å². The number of rotatable bonds is 8. The van der Waals surface area contributed by atoms with E-state index >= 15 is 0 Å². The first-order valence-electron chi connectivity index (χ1n) is 11.6. The van der Waals surface area contributed by atoms with E-state index in [1.54, 1.807) is 23.5 Å². The largest absolute Gasteiger partial charge is 0.495 e. The van der Waals surface area contributed by atoms with E-state index in [2.05, 4.69) is 15.4 Å². The van der Waals surface area contributed by atoms with E-state index in [-0.39, 0.29) is 10.9 Å². The average molecular weight is 479 g/mol. The van der Waals surface area contributed by atoms with Gasteiger partial charge in [0.25, 0.3) is 0 Å². The number of piperidine rings is 1. The summed E-state index contributed by atoms with van der Waals surface area (Å²) >= 11 is 1.58. The lowest BCUT2D eigenvalue weighted by molar-refractivity contribution is 0.373. The van der Waals surface area contributed by atoms with Gasteiger partial charge >= 0.3 is 0 Å². The molecule has 4 rings (SSSR count). The second kappa shape index (κ2) is 10.5. The number of nitrogens with zero attached hydrogens (tertiary/aromatic N) is 1. The molecule has 0 radical (unpaired) electrons. The molecular weight excluding hydrogens is 444 g/mol. The number of anilines is 1. The number of ether oxygens (including phenoxy) is 1. The van der Waals surface area contributed by atoms with Crippen LogP contribution in [0.15, 0.2) is 23.1 Å². The second-order valence-electron chi connectivity index (χ2n) is 8.83. The SMILES string of the molecule is COc1ccc(-c2sc(NCC3CCCCC3)nc2C)cc1S(=O)(=O)NC1CCNCC1. The number of benzene rings is 1. The molecule has 1 saturated heterocycles. The van der Waals surface area contributed by atoms with Gasteiger partial charge in [0.05, 0.1) is 17.7 Å². The molecule has 1 aliphatic heterocycles. The summed E-state index contributed by atoms with van der Waals surface area (Å²) in [5.41, 5.74) is 1.75. The van der Waals surface area contributed by atoms with Gasteiger partial charge in [0, 0.05) is 12.6 Å². The Morgan fingerprint density at radius 1 is 1.16 bits per heavy atom. The number of hydrogen-bond acceptors (Lipinski definition) is 7. The third-order valence-corrected chi connectivity index (χ3v) is 9.15. The minimum Gasteiger partial charge on any atom is -0.495 e. The molecule has 0 atom stereocenters. The van der Waals surface area contributed by atoms with Gasteiger partial charge in [-0.1, -0.05) is 30.6 Å². The molecule has 176 valence electrons. The fourth-order valence-electron chi connectivity index (χ4n) is 4.61. The van der Waals surface area contributed by atoms with Crippen LogP contribution in [0, 0.1) is 12.8 Å². The van der Waals surface area contributed by atoms with Crippen LogP contribution in [0.2, 0.25) is 0 Å². The summed E-state index contributed by atoms with van der Waals surface area (Å²) in [5.74, 6) is 1.07. The Hall–Kier alpha value is -1.68. The summed E-state index contributed by atoms with van der Waals surface area (Å²) in [7, 11) is -2.19. The molecule has 2 aromatic rings. The number of nitrogens with one attached hydrogen (secondary N) is 3. The van der Waals surface area contributed by atoms with Crippen LogP contribution in [0.3, 0.4) is 0 Å². The van der Waals surface area contributed by atoms with Crippen LogP contribution in [0.4, 0.5) is 5.13 Å². The lowest BCUT2D eigenvalue weighted by Gasteiger charge is -2.24. The fourth-order valence-corrected chi connectivity index (χ4v) is 7.08. The smallest absolute Gasteiger partial charge is 0.244 e. The van der Waals surface area contributed by atoms with E-state index in [9.17, 15) is 8.42 Å². The van der Waals surface area contributed by atoms with Gasteiger partial charge in [-0.05, 0) is 75.4 Å². The topological polar surface area (TPSA) is 92.3 Å². The number of thiazole rings is 1. The first kappa shape index (κ1) is 23.5. The van der Waals surface area contributed by atoms with Crippen LogP contribution in [0.1, 0.15) is 50.6 Å². The Balaban J connectivity index is 1.54. The molecule has 2 aliphatic rings. The van der Waals surface area contributed by atoms with Crippen LogP contribution in [0.25, 0.3) is 10.4 Å². The third-order valence-electron chi connectivity index (χ3n) is 6.44. The minimum atomic E-state index is -3.70. The fraction of sp³-hybridized carbons (Fsp3) is 0.609. The van der Waals surface area contributed by atoms with Crippen molar-refractivity contribution >= 4 is 26.5 Å². The Morgan fingerprint density at radius 3 is 2.62 bits per heavy atom. The highest BCUT2D eigenvalue weighted by atomic mass is 32.2. The van der Waals surface area contributed by atoms with E-state index in [1.165, 1.54) is 39.2 Å².